The summed E-state index contributed by atoms with van der Waals surface area (Å²) in [7, 11) is 1.59. The molecule has 0 fully saturated rings. The third-order valence-corrected chi connectivity index (χ3v) is 4.27. The molecule has 128 valence electrons. The lowest BCUT2D eigenvalue weighted by Crippen LogP contribution is -2.26. The van der Waals surface area contributed by atoms with Gasteiger partial charge in [0.25, 0.3) is 0 Å². The highest BCUT2D eigenvalue weighted by Gasteiger charge is 2.09. The van der Waals surface area contributed by atoms with Crippen LogP contribution in [0.25, 0.3) is 0 Å². The molecule has 24 heavy (non-hydrogen) atoms. The van der Waals surface area contributed by atoms with Crippen molar-refractivity contribution in [3.63, 3.8) is 0 Å². The highest BCUT2D eigenvalue weighted by atomic mass is 35.5. The van der Waals surface area contributed by atoms with Crippen molar-refractivity contribution in [2.24, 2.45) is 0 Å². The normalized spacial score (nSPS) is 10.5. The molecule has 2 aromatic rings. The maximum absolute atomic E-state index is 12.1. The van der Waals surface area contributed by atoms with E-state index >= 15 is 0 Å². The summed E-state index contributed by atoms with van der Waals surface area (Å²) in [4.78, 5) is 12.1. The van der Waals surface area contributed by atoms with E-state index in [0.29, 0.717) is 17.3 Å². The van der Waals surface area contributed by atoms with Crippen molar-refractivity contribution in [1.82, 2.24) is 5.32 Å². The Morgan fingerprint density at radius 3 is 2.62 bits per heavy atom. The fourth-order valence-electron chi connectivity index (χ4n) is 2.75. The van der Waals surface area contributed by atoms with Gasteiger partial charge in [0.05, 0.1) is 13.5 Å². The molecule has 0 aliphatic heterocycles. The molecule has 0 atom stereocenters. The Kier molecular flexibility index (Phi) is 6.68. The number of aryl methyl sites for hydroxylation is 3. The summed E-state index contributed by atoms with van der Waals surface area (Å²) in [6.45, 7) is 4.89. The smallest absolute Gasteiger partial charge is 0.224 e. The van der Waals surface area contributed by atoms with Crippen LogP contribution in [0.5, 0.6) is 5.75 Å². The molecule has 0 heterocycles. The molecule has 0 unspecified atom stereocenters. The minimum atomic E-state index is -0.0174. The molecule has 0 aromatic heterocycles. The number of halogens is 1. The lowest BCUT2D eigenvalue weighted by atomic mass is 10.0. The van der Waals surface area contributed by atoms with Gasteiger partial charge in [0.1, 0.15) is 5.75 Å². The number of methoxy groups -OCH3 is 1. The summed E-state index contributed by atoms with van der Waals surface area (Å²) in [6.07, 6.45) is 2.16. The van der Waals surface area contributed by atoms with E-state index < -0.39 is 0 Å². The highest BCUT2D eigenvalue weighted by Crippen LogP contribution is 2.23. The predicted octanol–water partition coefficient (Wildman–Crippen LogP) is 4.26. The molecule has 2 aromatic carbocycles. The zero-order valence-electron chi connectivity index (χ0n) is 14.5. The van der Waals surface area contributed by atoms with Crippen molar-refractivity contribution >= 4 is 17.5 Å². The van der Waals surface area contributed by atoms with Gasteiger partial charge in [-0.05, 0) is 56.0 Å². The minimum absolute atomic E-state index is 0.0174. The van der Waals surface area contributed by atoms with Crippen molar-refractivity contribution in [2.45, 2.75) is 33.1 Å². The average Bonchev–Trinajstić information content (AvgIpc) is 2.53. The van der Waals surface area contributed by atoms with Crippen LogP contribution in [0.1, 0.15) is 28.7 Å². The predicted molar refractivity (Wildman–Crippen MR) is 99.0 cm³/mol. The summed E-state index contributed by atoms with van der Waals surface area (Å²) >= 11 is 5.99. The van der Waals surface area contributed by atoms with Gasteiger partial charge in [-0.3, -0.25) is 4.79 Å². The van der Waals surface area contributed by atoms with Gasteiger partial charge >= 0.3 is 0 Å². The van der Waals surface area contributed by atoms with Crippen molar-refractivity contribution in [3.8, 4) is 5.75 Å². The van der Waals surface area contributed by atoms with Crippen molar-refractivity contribution in [2.75, 3.05) is 13.7 Å². The van der Waals surface area contributed by atoms with Crippen LogP contribution in [0.2, 0.25) is 5.02 Å². The van der Waals surface area contributed by atoms with E-state index in [1.807, 2.05) is 0 Å². The Labute approximate surface area is 149 Å². The first-order valence-electron chi connectivity index (χ1n) is 8.15. The van der Waals surface area contributed by atoms with Crippen molar-refractivity contribution in [1.29, 1.82) is 0 Å². The quantitative estimate of drug-likeness (QED) is 0.761. The third-order valence-electron chi connectivity index (χ3n) is 4.04. The Morgan fingerprint density at radius 1 is 1.12 bits per heavy atom. The van der Waals surface area contributed by atoms with Gasteiger partial charge in [0.15, 0.2) is 0 Å². The standard InChI is InChI=1S/C20H24ClNO2/c1-14-6-7-16(15(2)11-14)5-4-10-22-20(23)13-17-12-18(21)8-9-19(17)24-3/h6-9,11-12H,4-5,10,13H2,1-3H3,(H,22,23). The Bertz CT molecular complexity index is 713. The number of ether oxygens (including phenoxy) is 1. The molecule has 1 amide bonds. The Morgan fingerprint density at radius 2 is 1.92 bits per heavy atom. The SMILES string of the molecule is COc1ccc(Cl)cc1CC(=O)NCCCc1ccc(C)cc1C. The molecule has 2 rings (SSSR count). The molecule has 0 aliphatic carbocycles. The molecule has 0 aliphatic rings. The summed E-state index contributed by atoms with van der Waals surface area (Å²) < 4.78 is 5.27. The molecular formula is C20H24ClNO2. The van der Waals surface area contributed by atoms with Gasteiger partial charge in [0, 0.05) is 17.1 Å². The van der Waals surface area contributed by atoms with E-state index in [4.69, 9.17) is 16.3 Å². The molecule has 4 heteroatoms. The lowest BCUT2D eigenvalue weighted by Gasteiger charge is -2.10. The second-order valence-corrected chi connectivity index (χ2v) is 6.45. The minimum Gasteiger partial charge on any atom is -0.496 e. The van der Waals surface area contributed by atoms with Crippen LogP contribution < -0.4 is 10.1 Å². The van der Waals surface area contributed by atoms with Gasteiger partial charge < -0.3 is 10.1 Å². The maximum Gasteiger partial charge on any atom is 0.224 e. The summed E-state index contributed by atoms with van der Waals surface area (Å²) in [5, 5.41) is 3.57. The van der Waals surface area contributed by atoms with Crippen LogP contribution in [0.15, 0.2) is 36.4 Å². The maximum atomic E-state index is 12.1. The fourth-order valence-corrected chi connectivity index (χ4v) is 2.95. The number of hydrogen-bond donors (Lipinski definition) is 1. The highest BCUT2D eigenvalue weighted by molar-refractivity contribution is 6.30. The zero-order valence-corrected chi connectivity index (χ0v) is 15.2. The lowest BCUT2D eigenvalue weighted by molar-refractivity contribution is -0.120. The Balaban J connectivity index is 1.80. The van der Waals surface area contributed by atoms with Crippen LogP contribution in [0, 0.1) is 13.8 Å². The number of carbonyl (C=O) groups is 1. The summed E-state index contributed by atoms with van der Waals surface area (Å²) in [5.41, 5.74) is 4.73. The van der Waals surface area contributed by atoms with E-state index in [1.54, 1.807) is 25.3 Å². The van der Waals surface area contributed by atoms with Crippen LogP contribution in [0.4, 0.5) is 0 Å². The molecule has 0 radical (unpaired) electrons. The van der Waals surface area contributed by atoms with Gasteiger partial charge in [-0.1, -0.05) is 35.4 Å². The first kappa shape index (κ1) is 18.3. The topological polar surface area (TPSA) is 38.3 Å². The monoisotopic (exact) mass is 345 g/mol. The van der Waals surface area contributed by atoms with Gasteiger partial charge in [-0.15, -0.1) is 0 Å². The van der Waals surface area contributed by atoms with Gasteiger partial charge in [0.2, 0.25) is 5.91 Å². The number of benzene rings is 2. The fraction of sp³-hybridized carbons (Fsp3) is 0.350. The molecule has 0 saturated carbocycles. The Hall–Kier alpha value is -2.00. The van der Waals surface area contributed by atoms with E-state index in [-0.39, 0.29) is 12.3 Å². The second kappa shape index (κ2) is 8.74. The molecule has 0 saturated heterocycles. The molecule has 0 bridgehead atoms. The number of amides is 1. The van der Waals surface area contributed by atoms with Crippen LogP contribution in [0.3, 0.4) is 0 Å². The molecular weight excluding hydrogens is 322 g/mol. The molecule has 1 N–H and O–H groups in total. The van der Waals surface area contributed by atoms with Crippen LogP contribution >= 0.6 is 11.6 Å². The van der Waals surface area contributed by atoms with Crippen LogP contribution in [-0.2, 0) is 17.6 Å². The van der Waals surface area contributed by atoms with Gasteiger partial charge in [-0.25, -0.2) is 0 Å². The number of carbonyl (C=O) groups excluding carboxylic acids is 1. The van der Waals surface area contributed by atoms with E-state index in [9.17, 15) is 4.79 Å². The zero-order chi connectivity index (χ0) is 17.5. The number of nitrogens with one attached hydrogen (secondary N) is 1. The largest absolute Gasteiger partial charge is 0.496 e. The molecule has 0 spiro atoms. The van der Waals surface area contributed by atoms with E-state index in [0.717, 1.165) is 18.4 Å². The third kappa shape index (κ3) is 5.27. The summed E-state index contributed by atoms with van der Waals surface area (Å²) in [6, 6.07) is 11.8. The summed E-state index contributed by atoms with van der Waals surface area (Å²) in [5.74, 6) is 0.668. The van der Waals surface area contributed by atoms with Crippen molar-refractivity contribution < 1.29 is 9.53 Å². The molecule has 3 nitrogen and oxygen atoms in total. The van der Waals surface area contributed by atoms with Gasteiger partial charge in [-0.2, -0.15) is 0 Å². The average molecular weight is 346 g/mol. The number of rotatable bonds is 7. The van der Waals surface area contributed by atoms with Crippen molar-refractivity contribution in [3.05, 3.63) is 63.7 Å². The van der Waals surface area contributed by atoms with Crippen LogP contribution in [-0.4, -0.2) is 19.6 Å². The first-order valence-corrected chi connectivity index (χ1v) is 8.52. The first-order chi connectivity index (χ1) is 11.5. The van der Waals surface area contributed by atoms with E-state index in [2.05, 4.69) is 37.4 Å². The number of hydrogen-bond acceptors (Lipinski definition) is 2. The second-order valence-electron chi connectivity index (χ2n) is 6.02. The van der Waals surface area contributed by atoms with E-state index in [1.165, 1.54) is 16.7 Å².